The van der Waals surface area contributed by atoms with Crippen molar-refractivity contribution in [2.75, 3.05) is 32.7 Å². The summed E-state index contributed by atoms with van der Waals surface area (Å²) in [6.07, 6.45) is 8.26. The minimum absolute atomic E-state index is 0.330. The molecule has 0 saturated carbocycles. The second-order valence-corrected chi connectivity index (χ2v) is 6.74. The maximum absolute atomic E-state index is 6.31. The maximum atomic E-state index is 6.31. The normalized spacial score (nSPS) is 46.0. The van der Waals surface area contributed by atoms with E-state index in [9.17, 15) is 0 Å². The first-order chi connectivity index (χ1) is 8.76. The first-order valence-electron chi connectivity index (χ1n) is 7.95. The first-order valence-corrected chi connectivity index (χ1v) is 7.95. The molecule has 2 N–H and O–H groups in total. The molecule has 0 aliphatic carbocycles. The molecule has 18 heavy (non-hydrogen) atoms. The van der Waals surface area contributed by atoms with Gasteiger partial charge in [0.15, 0.2) is 0 Å². The Balaban J connectivity index is 1.84. The molecule has 0 spiro atoms. The van der Waals surface area contributed by atoms with Gasteiger partial charge in [-0.2, -0.15) is 0 Å². The Hall–Kier alpha value is -0.120. The van der Waals surface area contributed by atoms with E-state index < -0.39 is 0 Å². The Morgan fingerprint density at radius 2 is 2.00 bits per heavy atom. The Labute approximate surface area is 112 Å². The lowest BCUT2D eigenvalue weighted by Crippen LogP contribution is -2.64. The van der Waals surface area contributed by atoms with Crippen LogP contribution < -0.4 is 5.73 Å². The van der Waals surface area contributed by atoms with Crippen molar-refractivity contribution in [1.29, 1.82) is 0 Å². The van der Waals surface area contributed by atoms with Crippen molar-refractivity contribution in [2.45, 2.75) is 57.0 Å². The molecule has 0 radical (unpaired) electrons. The molecular weight excluding hydrogens is 222 g/mol. The fraction of sp³-hybridized carbons (Fsp3) is 1.00. The minimum Gasteiger partial charge on any atom is -0.329 e. The van der Waals surface area contributed by atoms with Crippen LogP contribution in [0.1, 0.15) is 45.4 Å². The highest BCUT2D eigenvalue weighted by Gasteiger charge is 2.49. The van der Waals surface area contributed by atoms with Crippen molar-refractivity contribution < 1.29 is 0 Å². The third-order valence-corrected chi connectivity index (χ3v) is 5.87. The quantitative estimate of drug-likeness (QED) is 0.810. The van der Waals surface area contributed by atoms with Gasteiger partial charge >= 0.3 is 0 Å². The SMILES string of the molecule is CC1CCCCCN1C1(CN)CCN2CCC1C2. The third kappa shape index (κ3) is 2.00. The summed E-state index contributed by atoms with van der Waals surface area (Å²) >= 11 is 0. The van der Waals surface area contributed by atoms with Crippen LogP contribution in [-0.2, 0) is 0 Å². The lowest BCUT2D eigenvalue weighted by molar-refractivity contribution is -0.0158. The second-order valence-electron chi connectivity index (χ2n) is 6.74. The Kier molecular flexibility index (Phi) is 3.65. The van der Waals surface area contributed by atoms with Crippen LogP contribution in [0, 0.1) is 5.92 Å². The standard InChI is InChI=1S/C15H29N3/c1-13-5-3-2-4-8-18(13)15(12-16)7-10-17-9-6-14(15)11-17/h13-14H,2-12,16H2,1H3. The zero-order chi connectivity index (χ0) is 12.6. The maximum Gasteiger partial charge on any atom is 0.0387 e. The first kappa shape index (κ1) is 12.9. The van der Waals surface area contributed by atoms with E-state index in [-0.39, 0.29) is 0 Å². The van der Waals surface area contributed by atoms with Crippen LogP contribution in [0.2, 0.25) is 0 Å². The van der Waals surface area contributed by atoms with E-state index in [1.54, 1.807) is 0 Å². The van der Waals surface area contributed by atoms with E-state index in [1.807, 2.05) is 0 Å². The molecule has 3 aliphatic rings. The molecule has 104 valence electrons. The van der Waals surface area contributed by atoms with Crippen LogP contribution in [-0.4, -0.2) is 54.1 Å². The van der Waals surface area contributed by atoms with Crippen LogP contribution in [0.3, 0.4) is 0 Å². The molecule has 3 nitrogen and oxygen atoms in total. The molecule has 0 aromatic carbocycles. The van der Waals surface area contributed by atoms with Gasteiger partial charge in [0.25, 0.3) is 0 Å². The number of hydrogen-bond donors (Lipinski definition) is 1. The van der Waals surface area contributed by atoms with Crippen molar-refractivity contribution >= 4 is 0 Å². The molecular formula is C15H29N3. The summed E-state index contributed by atoms with van der Waals surface area (Å²) in [6, 6.07) is 0.739. The third-order valence-electron chi connectivity index (χ3n) is 5.87. The number of hydrogen-bond acceptors (Lipinski definition) is 3. The minimum atomic E-state index is 0.330. The zero-order valence-electron chi connectivity index (χ0n) is 11.9. The fourth-order valence-corrected chi connectivity index (χ4v) is 4.73. The van der Waals surface area contributed by atoms with E-state index in [1.165, 1.54) is 64.7 Å². The molecule has 0 aromatic heterocycles. The number of rotatable bonds is 2. The van der Waals surface area contributed by atoms with Crippen molar-refractivity contribution in [3.05, 3.63) is 0 Å². The van der Waals surface area contributed by atoms with Gasteiger partial charge < -0.3 is 10.6 Å². The Bertz CT molecular complexity index is 293. The molecule has 4 atom stereocenters. The largest absolute Gasteiger partial charge is 0.329 e. The van der Waals surface area contributed by atoms with E-state index in [2.05, 4.69) is 16.7 Å². The number of nitrogens with two attached hydrogens (primary N) is 1. The van der Waals surface area contributed by atoms with Crippen molar-refractivity contribution in [3.8, 4) is 0 Å². The number of nitrogens with zero attached hydrogens (tertiary/aromatic N) is 2. The van der Waals surface area contributed by atoms with Crippen LogP contribution >= 0.6 is 0 Å². The second kappa shape index (κ2) is 5.10. The summed E-state index contributed by atoms with van der Waals surface area (Å²) in [5.74, 6) is 0.830. The number of piperidine rings is 1. The van der Waals surface area contributed by atoms with Gasteiger partial charge in [-0.25, -0.2) is 0 Å². The Morgan fingerprint density at radius 3 is 2.83 bits per heavy atom. The summed E-state index contributed by atoms with van der Waals surface area (Å²) in [5.41, 5.74) is 6.64. The molecule has 3 fully saturated rings. The van der Waals surface area contributed by atoms with Gasteiger partial charge in [-0.1, -0.05) is 12.8 Å². The van der Waals surface area contributed by atoms with Crippen LogP contribution in [0.15, 0.2) is 0 Å². The van der Waals surface area contributed by atoms with Crippen LogP contribution in [0.4, 0.5) is 0 Å². The molecule has 4 unspecified atom stereocenters. The van der Waals surface area contributed by atoms with Crippen LogP contribution in [0.5, 0.6) is 0 Å². The summed E-state index contributed by atoms with van der Waals surface area (Å²) < 4.78 is 0. The predicted molar refractivity (Wildman–Crippen MR) is 75.6 cm³/mol. The Morgan fingerprint density at radius 1 is 1.11 bits per heavy atom. The van der Waals surface area contributed by atoms with Crippen molar-refractivity contribution in [2.24, 2.45) is 11.7 Å². The molecule has 3 rings (SSSR count). The molecule has 3 heterocycles. The molecule has 2 bridgehead atoms. The average Bonchev–Trinajstić information content (AvgIpc) is 2.66. The monoisotopic (exact) mass is 251 g/mol. The zero-order valence-corrected chi connectivity index (χ0v) is 11.9. The van der Waals surface area contributed by atoms with E-state index in [4.69, 9.17) is 5.73 Å². The van der Waals surface area contributed by atoms with Gasteiger partial charge in [0.2, 0.25) is 0 Å². The highest BCUT2D eigenvalue weighted by atomic mass is 15.3. The molecule has 0 aromatic rings. The van der Waals surface area contributed by atoms with E-state index in [0.717, 1.165) is 18.5 Å². The predicted octanol–water partition coefficient (Wildman–Crippen LogP) is 1.67. The van der Waals surface area contributed by atoms with Crippen molar-refractivity contribution in [1.82, 2.24) is 9.80 Å². The lowest BCUT2D eigenvalue weighted by atomic mass is 9.76. The van der Waals surface area contributed by atoms with Crippen LogP contribution in [0.25, 0.3) is 0 Å². The smallest absolute Gasteiger partial charge is 0.0387 e. The molecule has 3 heteroatoms. The van der Waals surface area contributed by atoms with Gasteiger partial charge in [0, 0.05) is 24.7 Å². The van der Waals surface area contributed by atoms with Gasteiger partial charge in [0.1, 0.15) is 0 Å². The molecule has 3 aliphatic heterocycles. The topological polar surface area (TPSA) is 32.5 Å². The van der Waals surface area contributed by atoms with Crippen molar-refractivity contribution in [3.63, 3.8) is 0 Å². The fourth-order valence-electron chi connectivity index (χ4n) is 4.73. The van der Waals surface area contributed by atoms with Gasteiger partial charge in [-0.05, 0) is 58.2 Å². The van der Waals surface area contributed by atoms with E-state index in [0.29, 0.717) is 5.54 Å². The molecule has 0 amide bonds. The lowest BCUT2D eigenvalue weighted by Gasteiger charge is -2.52. The van der Waals surface area contributed by atoms with Gasteiger partial charge in [-0.3, -0.25) is 4.90 Å². The summed E-state index contributed by atoms with van der Waals surface area (Å²) in [4.78, 5) is 5.47. The highest BCUT2D eigenvalue weighted by Crippen LogP contribution is 2.41. The number of likely N-dealkylation sites (tertiary alicyclic amines) is 1. The van der Waals surface area contributed by atoms with Gasteiger partial charge in [0.05, 0.1) is 0 Å². The average molecular weight is 251 g/mol. The summed E-state index contributed by atoms with van der Waals surface area (Å²) in [6.45, 7) is 8.49. The molecule has 3 saturated heterocycles. The number of fused-ring (bicyclic) bond motifs is 2. The highest BCUT2D eigenvalue weighted by molar-refractivity contribution is 5.06. The van der Waals surface area contributed by atoms with E-state index >= 15 is 0 Å². The van der Waals surface area contributed by atoms with Gasteiger partial charge in [-0.15, -0.1) is 0 Å². The summed E-state index contributed by atoms with van der Waals surface area (Å²) in [5, 5.41) is 0. The summed E-state index contributed by atoms with van der Waals surface area (Å²) in [7, 11) is 0.